The maximum Gasteiger partial charge on any atom is 0.326 e. The molecule has 5 unspecified atom stereocenters. The van der Waals surface area contributed by atoms with Crippen molar-refractivity contribution in [2.45, 2.75) is 77.5 Å². The Morgan fingerprint density at radius 1 is 1.03 bits per heavy atom. The first kappa shape index (κ1) is 29.6. The number of imidazole rings is 1. The van der Waals surface area contributed by atoms with E-state index in [2.05, 4.69) is 25.9 Å². The maximum absolute atomic E-state index is 13.1. The van der Waals surface area contributed by atoms with E-state index in [9.17, 15) is 29.1 Å². The van der Waals surface area contributed by atoms with Crippen molar-refractivity contribution in [1.82, 2.24) is 25.9 Å². The molecule has 0 radical (unpaired) electrons. The highest BCUT2D eigenvalue weighted by molar-refractivity contribution is 5.94. The zero-order chi connectivity index (χ0) is 26.7. The first-order valence-electron chi connectivity index (χ1n) is 11.5. The molecule has 0 saturated heterocycles. The lowest BCUT2D eigenvalue weighted by atomic mass is 9.96. The van der Waals surface area contributed by atoms with Gasteiger partial charge in [-0.1, -0.05) is 34.1 Å². The minimum atomic E-state index is -1.24. The van der Waals surface area contributed by atoms with Crippen LogP contribution < -0.4 is 27.4 Å². The number of aliphatic carboxylic acids is 1. The second-order valence-electron chi connectivity index (χ2n) is 8.89. The Labute approximate surface area is 204 Å². The number of hydrogen-bond acceptors (Lipinski definition) is 7. The molecule has 0 bridgehead atoms. The Morgan fingerprint density at radius 3 is 2.14 bits per heavy atom. The Bertz CT molecular complexity index is 874. The molecule has 9 N–H and O–H groups in total. The summed E-state index contributed by atoms with van der Waals surface area (Å²) in [5, 5.41) is 16.9. The number of H-pyrrole nitrogens is 1. The molecule has 1 heterocycles. The van der Waals surface area contributed by atoms with Gasteiger partial charge in [-0.3, -0.25) is 19.2 Å². The van der Waals surface area contributed by atoms with Crippen LogP contribution in [-0.2, 0) is 30.4 Å². The molecule has 4 amide bonds. The predicted octanol–water partition coefficient (Wildman–Crippen LogP) is -1.21. The SMILES string of the molecule is CCC(C)C(NC(=O)C(N)Cc1cnc[nH]1)C(=O)NC(CCC(N)=O)C(=O)NC(C(=O)O)C(C)C. The fourth-order valence-corrected chi connectivity index (χ4v) is 3.27. The van der Waals surface area contributed by atoms with E-state index in [0.717, 1.165) is 0 Å². The molecule has 0 aliphatic rings. The third-order valence-corrected chi connectivity index (χ3v) is 5.67. The van der Waals surface area contributed by atoms with Crippen LogP contribution in [0, 0.1) is 11.8 Å². The van der Waals surface area contributed by atoms with Gasteiger partial charge in [0.05, 0.1) is 12.4 Å². The van der Waals surface area contributed by atoms with E-state index in [1.54, 1.807) is 20.8 Å². The minimum Gasteiger partial charge on any atom is -0.480 e. The third-order valence-electron chi connectivity index (χ3n) is 5.67. The molecule has 0 fully saturated rings. The van der Waals surface area contributed by atoms with E-state index in [1.807, 2.05) is 6.92 Å². The van der Waals surface area contributed by atoms with Crippen molar-refractivity contribution in [3.8, 4) is 0 Å². The highest BCUT2D eigenvalue weighted by atomic mass is 16.4. The highest BCUT2D eigenvalue weighted by Gasteiger charge is 2.33. The van der Waals surface area contributed by atoms with E-state index in [-0.39, 0.29) is 25.2 Å². The number of aromatic amines is 1. The summed E-state index contributed by atoms with van der Waals surface area (Å²) in [5.41, 5.74) is 11.8. The number of carboxylic acids is 1. The maximum atomic E-state index is 13.1. The van der Waals surface area contributed by atoms with Gasteiger partial charge in [0.25, 0.3) is 0 Å². The molecule has 5 atom stereocenters. The molecular formula is C22H37N7O6. The van der Waals surface area contributed by atoms with Crippen molar-refractivity contribution < 1.29 is 29.1 Å². The average Bonchev–Trinajstić information content (AvgIpc) is 3.29. The molecule has 35 heavy (non-hydrogen) atoms. The van der Waals surface area contributed by atoms with Gasteiger partial charge < -0.3 is 37.5 Å². The smallest absolute Gasteiger partial charge is 0.326 e. The summed E-state index contributed by atoms with van der Waals surface area (Å²) >= 11 is 0. The predicted molar refractivity (Wildman–Crippen MR) is 126 cm³/mol. The molecule has 196 valence electrons. The number of aromatic nitrogens is 2. The van der Waals surface area contributed by atoms with Gasteiger partial charge in [-0.25, -0.2) is 9.78 Å². The first-order valence-corrected chi connectivity index (χ1v) is 11.5. The number of primary amides is 1. The van der Waals surface area contributed by atoms with E-state index in [0.29, 0.717) is 12.1 Å². The van der Waals surface area contributed by atoms with Crippen molar-refractivity contribution in [3.05, 3.63) is 18.2 Å². The Kier molecular flexibility index (Phi) is 11.9. The summed E-state index contributed by atoms with van der Waals surface area (Å²) in [6.07, 6.45) is 3.35. The monoisotopic (exact) mass is 495 g/mol. The van der Waals surface area contributed by atoms with E-state index in [4.69, 9.17) is 11.5 Å². The number of amides is 4. The number of nitrogens with zero attached hydrogens (tertiary/aromatic N) is 1. The zero-order valence-corrected chi connectivity index (χ0v) is 20.5. The van der Waals surface area contributed by atoms with Crippen molar-refractivity contribution >= 4 is 29.6 Å². The summed E-state index contributed by atoms with van der Waals surface area (Å²) in [6, 6.07) is -4.41. The highest BCUT2D eigenvalue weighted by Crippen LogP contribution is 2.11. The zero-order valence-electron chi connectivity index (χ0n) is 20.5. The lowest BCUT2D eigenvalue weighted by molar-refractivity contribution is -0.143. The molecular weight excluding hydrogens is 458 g/mol. The van der Waals surface area contributed by atoms with Gasteiger partial charge in [0, 0.05) is 24.7 Å². The van der Waals surface area contributed by atoms with Crippen molar-refractivity contribution in [2.75, 3.05) is 0 Å². The summed E-state index contributed by atoms with van der Waals surface area (Å²) in [7, 11) is 0. The summed E-state index contributed by atoms with van der Waals surface area (Å²) in [5.74, 6) is -4.66. The van der Waals surface area contributed by atoms with Crippen LogP contribution in [0.4, 0.5) is 0 Å². The van der Waals surface area contributed by atoms with Gasteiger partial charge in [0.2, 0.25) is 23.6 Å². The molecule has 0 aromatic carbocycles. The van der Waals surface area contributed by atoms with Crippen LogP contribution in [0.3, 0.4) is 0 Å². The topological polar surface area (TPSA) is 222 Å². The van der Waals surface area contributed by atoms with Crippen LogP contribution in [-0.4, -0.2) is 68.8 Å². The molecule has 0 aliphatic carbocycles. The van der Waals surface area contributed by atoms with Crippen LogP contribution >= 0.6 is 0 Å². The molecule has 1 aromatic heterocycles. The molecule has 13 heteroatoms. The fourth-order valence-electron chi connectivity index (χ4n) is 3.27. The number of hydrogen-bond donors (Lipinski definition) is 7. The molecule has 1 aromatic rings. The number of carbonyl (C=O) groups is 5. The number of nitrogens with two attached hydrogens (primary N) is 2. The van der Waals surface area contributed by atoms with Crippen molar-refractivity contribution in [2.24, 2.45) is 23.3 Å². The van der Waals surface area contributed by atoms with Gasteiger partial charge in [-0.2, -0.15) is 0 Å². The second-order valence-corrected chi connectivity index (χ2v) is 8.89. The van der Waals surface area contributed by atoms with Crippen molar-refractivity contribution in [1.29, 1.82) is 0 Å². The number of carbonyl (C=O) groups excluding carboxylic acids is 4. The summed E-state index contributed by atoms with van der Waals surface area (Å²) in [6.45, 7) is 6.83. The lowest BCUT2D eigenvalue weighted by Gasteiger charge is -2.28. The molecule has 1 rings (SSSR count). The van der Waals surface area contributed by atoms with E-state index >= 15 is 0 Å². The van der Waals surface area contributed by atoms with Crippen LogP contribution in [0.2, 0.25) is 0 Å². The van der Waals surface area contributed by atoms with Gasteiger partial charge in [0.15, 0.2) is 0 Å². The average molecular weight is 496 g/mol. The van der Waals surface area contributed by atoms with E-state index in [1.165, 1.54) is 12.5 Å². The first-order chi connectivity index (χ1) is 16.4. The van der Waals surface area contributed by atoms with Crippen LogP contribution in [0.5, 0.6) is 0 Å². The van der Waals surface area contributed by atoms with Crippen LogP contribution in [0.15, 0.2) is 12.5 Å². The Hall–Kier alpha value is -3.48. The van der Waals surface area contributed by atoms with Gasteiger partial charge in [0.1, 0.15) is 18.1 Å². The number of rotatable bonds is 15. The van der Waals surface area contributed by atoms with Gasteiger partial charge in [-0.05, 0) is 18.3 Å². The molecule has 0 spiro atoms. The molecule has 0 saturated carbocycles. The largest absolute Gasteiger partial charge is 0.480 e. The van der Waals surface area contributed by atoms with Gasteiger partial charge >= 0.3 is 5.97 Å². The Balaban J connectivity index is 3.00. The minimum absolute atomic E-state index is 0.141. The van der Waals surface area contributed by atoms with Gasteiger partial charge in [-0.15, -0.1) is 0 Å². The van der Waals surface area contributed by atoms with Crippen LogP contribution in [0.1, 0.15) is 52.7 Å². The quantitative estimate of drug-likeness (QED) is 0.156. The fraction of sp³-hybridized carbons (Fsp3) is 0.636. The Morgan fingerprint density at radius 2 is 1.66 bits per heavy atom. The number of carboxylic acid groups (broad SMARTS) is 1. The summed E-state index contributed by atoms with van der Waals surface area (Å²) < 4.78 is 0. The lowest BCUT2D eigenvalue weighted by Crippen LogP contribution is -2.59. The molecule has 13 nitrogen and oxygen atoms in total. The summed E-state index contributed by atoms with van der Waals surface area (Å²) in [4.78, 5) is 68.1. The van der Waals surface area contributed by atoms with E-state index < -0.39 is 59.7 Å². The molecule has 0 aliphatic heterocycles. The van der Waals surface area contributed by atoms with Crippen molar-refractivity contribution in [3.63, 3.8) is 0 Å². The van der Waals surface area contributed by atoms with Crippen LogP contribution in [0.25, 0.3) is 0 Å². The normalized spacial score (nSPS) is 15.4. The standard InChI is InChI=1S/C22H37N7O6/c1-5-12(4)18(29-19(31)14(23)8-13-9-25-10-26-13)21(33)27-15(6-7-16(24)30)20(32)28-17(11(2)3)22(34)35/h9-12,14-15,17-18H,5-8,23H2,1-4H3,(H2,24,30)(H,25,26)(H,27,33)(H,28,32)(H,29,31)(H,34,35). The third kappa shape index (κ3) is 9.73. The number of nitrogens with one attached hydrogen (secondary N) is 4. The second kappa shape index (κ2) is 14.0.